The van der Waals surface area contributed by atoms with Gasteiger partial charge < -0.3 is 19.7 Å². The molecule has 0 saturated heterocycles. The number of amides is 1. The lowest BCUT2D eigenvalue weighted by molar-refractivity contribution is -0.130. The summed E-state index contributed by atoms with van der Waals surface area (Å²) in [6.07, 6.45) is 0. The van der Waals surface area contributed by atoms with Crippen LogP contribution in [0.1, 0.15) is 31.0 Å². The topological polar surface area (TPSA) is 50.8 Å². The number of nitrogens with one attached hydrogen (secondary N) is 1. The number of ether oxygens (including phenoxy) is 2. The van der Waals surface area contributed by atoms with Gasteiger partial charge in [-0.2, -0.15) is 0 Å². The van der Waals surface area contributed by atoms with Crippen molar-refractivity contribution in [1.82, 2.24) is 10.2 Å². The van der Waals surface area contributed by atoms with Crippen molar-refractivity contribution in [3.63, 3.8) is 0 Å². The van der Waals surface area contributed by atoms with Crippen LogP contribution in [0.25, 0.3) is 0 Å². The highest BCUT2D eigenvalue weighted by atomic mass is 35.5. The van der Waals surface area contributed by atoms with E-state index < -0.39 is 0 Å². The quantitative estimate of drug-likeness (QED) is 0.612. The Morgan fingerprint density at radius 2 is 1.93 bits per heavy atom. The van der Waals surface area contributed by atoms with Crippen molar-refractivity contribution in [3.05, 3.63) is 58.4 Å². The van der Waals surface area contributed by atoms with E-state index >= 15 is 0 Å². The van der Waals surface area contributed by atoms with Crippen LogP contribution in [0.2, 0.25) is 5.02 Å². The van der Waals surface area contributed by atoms with Crippen LogP contribution in [0.4, 0.5) is 4.39 Å². The van der Waals surface area contributed by atoms with Crippen molar-refractivity contribution in [1.29, 1.82) is 0 Å². The van der Waals surface area contributed by atoms with Crippen LogP contribution >= 0.6 is 24.0 Å². The molecule has 0 bridgehead atoms. The normalized spacial score (nSPS) is 11.4. The maximum Gasteiger partial charge on any atom is 0.259 e. The molecule has 2 aromatic carbocycles. The first-order valence-electron chi connectivity index (χ1n) is 9.09. The van der Waals surface area contributed by atoms with Gasteiger partial charge in [0.15, 0.2) is 18.1 Å². The van der Waals surface area contributed by atoms with Crippen LogP contribution in [0.15, 0.2) is 36.4 Å². The van der Waals surface area contributed by atoms with Crippen molar-refractivity contribution in [2.75, 3.05) is 27.3 Å². The molecule has 1 unspecified atom stereocenters. The average molecular weight is 445 g/mol. The van der Waals surface area contributed by atoms with Crippen LogP contribution in [0.5, 0.6) is 11.5 Å². The van der Waals surface area contributed by atoms with Gasteiger partial charge in [-0.1, -0.05) is 29.8 Å². The minimum atomic E-state index is -0.246. The minimum absolute atomic E-state index is 0. The molecule has 1 amide bonds. The monoisotopic (exact) mass is 444 g/mol. The average Bonchev–Trinajstić information content (AvgIpc) is 2.65. The molecule has 1 atom stereocenters. The largest absolute Gasteiger partial charge is 0.490 e. The summed E-state index contributed by atoms with van der Waals surface area (Å²) < 4.78 is 25.2. The van der Waals surface area contributed by atoms with E-state index in [1.807, 2.05) is 26.0 Å². The summed E-state index contributed by atoms with van der Waals surface area (Å²) in [5.74, 6) is 0.384. The van der Waals surface area contributed by atoms with E-state index in [1.165, 1.54) is 11.0 Å². The zero-order valence-electron chi connectivity index (χ0n) is 17.0. The summed E-state index contributed by atoms with van der Waals surface area (Å²) in [6, 6.07) is 10.1. The van der Waals surface area contributed by atoms with E-state index in [-0.39, 0.29) is 36.8 Å². The Kier molecular flexibility index (Phi) is 10.2. The summed E-state index contributed by atoms with van der Waals surface area (Å²) in [5.41, 5.74) is 1.46. The van der Waals surface area contributed by atoms with Gasteiger partial charge in [0, 0.05) is 32.2 Å². The molecule has 2 rings (SSSR count). The lowest BCUT2D eigenvalue weighted by Crippen LogP contribution is -2.27. The fourth-order valence-corrected chi connectivity index (χ4v) is 2.88. The van der Waals surface area contributed by atoms with E-state index in [4.69, 9.17) is 21.1 Å². The first-order chi connectivity index (χ1) is 13.3. The van der Waals surface area contributed by atoms with Crippen LogP contribution < -0.4 is 14.8 Å². The van der Waals surface area contributed by atoms with Gasteiger partial charge in [-0.05, 0) is 37.6 Å². The molecule has 160 valence electrons. The third-order valence-electron chi connectivity index (χ3n) is 4.19. The van der Waals surface area contributed by atoms with Crippen LogP contribution in [0, 0.1) is 5.82 Å². The number of benzene rings is 2. The van der Waals surface area contributed by atoms with Crippen molar-refractivity contribution >= 4 is 29.9 Å². The Morgan fingerprint density at radius 3 is 2.55 bits per heavy atom. The number of halogens is 3. The number of hydrogen-bond acceptors (Lipinski definition) is 4. The second kappa shape index (κ2) is 11.9. The summed E-state index contributed by atoms with van der Waals surface area (Å²) in [7, 11) is 3.31. The number of nitrogens with zero attached hydrogens (tertiary/aromatic N) is 1. The molecule has 0 aromatic heterocycles. The molecule has 0 aliphatic heterocycles. The third kappa shape index (κ3) is 7.07. The second-order valence-corrected chi connectivity index (χ2v) is 6.95. The first-order valence-corrected chi connectivity index (χ1v) is 9.47. The summed E-state index contributed by atoms with van der Waals surface area (Å²) >= 11 is 6.37. The fraction of sp³-hybridized carbons (Fsp3) is 0.381. The molecule has 0 saturated carbocycles. The van der Waals surface area contributed by atoms with Crippen molar-refractivity contribution in [3.8, 4) is 11.5 Å². The highest BCUT2D eigenvalue weighted by Crippen LogP contribution is 2.37. The molecular formula is C21H27Cl2FN2O3. The third-order valence-corrected chi connectivity index (χ3v) is 4.47. The van der Waals surface area contributed by atoms with Crippen LogP contribution in [0.3, 0.4) is 0 Å². The van der Waals surface area contributed by atoms with E-state index in [2.05, 4.69) is 5.32 Å². The van der Waals surface area contributed by atoms with Crippen LogP contribution in [-0.4, -0.2) is 38.1 Å². The summed E-state index contributed by atoms with van der Waals surface area (Å²) in [4.78, 5) is 13.2. The molecule has 0 heterocycles. The maximum absolute atomic E-state index is 13.9. The van der Waals surface area contributed by atoms with E-state index in [0.29, 0.717) is 35.2 Å². The van der Waals surface area contributed by atoms with Crippen molar-refractivity contribution in [2.24, 2.45) is 0 Å². The van der Waals surface area contributed by atoms with Gasteiger partial charge in [0.25, 0.3) is 5.91 Å². The number of hydrogen-bond donors (Lipinski definition) is 1. The number of carbonyl (C=O) groups excluding carboxylic acids is 1. The summed E-state index contributed by atoms with van der Waals surface area (Å²) in [6.45, 7) is 4.51. The van der Waals surface area contributed by atoms with E-state index in [0.717, 1.165) is 5.56 Å². The van der Waals surface area contributed by atoms with Gasteiger partial charge in [0.2, 0.25) is 0 Å². The molecule has 0 aliphatic carbocycles. The Hall–Kier alpha value is -2.02. The second-order valence-electron chi connectivity index (χ2n) is 6.54. The van der Waals surface area contributed by atoms with Crippen molar-refractivity contribution < 1.29 is 18.7 Å². The predicted octanol–water partition coefficient (Wildman–Crippen LogP) is 4.62. The van der Waals surface area contributed by atoms with Gasteiger partial charge >= 0.3 is 0 Å². The molecule has 0 aliphatic rings. The maximum atomic E-state index is 13.9. The van der Waals surface area contributed by atoms with Crippen molar-refractivity contribution in [2.45, 2.75) is 26.4 Å². The van der Waals surface area contributed by atoms with Gasteiger partial charge in [-0.3, -0.25) is 4.79 Å². The van der Waals surface area contributed by atoms with Crippen LogP contribution in [-0.2, 0) is 11.3 Å². The molecule has 2 aromatic rings. The van der Waals surface area contributed by atoms with Gasteiger partial charge in [-0.25, -0.2) is 4.39 Å². The molecule has 5 nitrogen and oxygen atoms in total. The zero-order valence-corrected chi connectivity index (χ0v) is 18.6. The van der Waals surface area contributed by atoms with Gasteiger partial charge in [0.05, 0.1) is 11.6 Å². The molecule has 8 heteroatoms. The van der Waals surface area contributed by atoms with Gasteiger partial charge in [-0.15, -0.1) is 12.4 Å². The lowest BCUT2D eigenvalue weighted by atomic mass is 10.1. The highest BCUT2D eigenvalue weighted by Gasteiger charge is 2.16. The Morgan fingerprint density at radius 1 is 1.24 bits per heavy atom. The first kappa shape index (κ1) is 25.0. The number of carbonyl (C=O) groups is 1. The Balaban J connectivity index is 0.00000420. The lowest BCUT2D eigenvalue weighted by Gasteiger charge is -2.18. The molecule has 1 N–H and O–H groups in total. The Bertz CT molecular complexity index is 819. The zero-order chi connectivity index (χ0) is 20.7. The van der Waals surface area contributed by atoms with Gasteiger partial charge in [0.1, 0.15) is 5.82 Å². The molecule has 29 heavy (non-hydrogen) atoms. The Labute approximate surface area is 182 Å². The molecule has 0 radical (unpaired) electrons. The SMILES string of the molecule is CCOc1cc(CNC(C)c2ccccc2F)cc(Cl)c1OCC(=O)N(C)C.Cl. The smallest absolute Gasteiger partial charge is 0.259 e. The standard InChI is InChI=1S/C21H26ClFN2O3.ClH/c1-5-27-19-11-15(10-17(22)21(19)28-13-20(26)25(3)4)12-24-14(2)16-8-6-7-9-18(16)23;/h6-11,14,24H,5,12-13H2,1-4H3;1H. The fourth-order valence-electron chi connectivity index (χ4n) is 2.60. The number of likely N-dealkylation sites (N-methyl/N-ethyl adjacent to an activating group) is 1. The number of rotatable bonds is 9. The summed E-state index contributed by atoms with van der Waals surface area (Å²) in [5, 5.41) is 3.64. The minimum Gasteiger partial charge on any atom is -0.490 e. The predicted molar refractivity (Wildman–Crippen MR) is 116 cm³/mol. The molecule has 0 spiro atoms. The highest BCUT2D eigenvalue weighted by molar-refractivity contribution is 6.32. The molecule has 0 fully saturated rings. The van der Waals surface area contributed by atoms with E-state index in [1.54, 1.807) is 32.3 Å². The van der Waals surface area contributed by atoms with E-state index in [9.17, 15) is 9.18 Å². The molecular weight excluding hydrogens is 418 g/mol.